The topological polar surface area (TPSA) is 50.8 Å². The molecule has 2 aromatic rings. The van der Waals surface area contributed by atoms with Crippen LogP contribution in [0, 0.1) is 0 Å². The van der Waals surface area contributed by atoms with Crippen LogP contribution in [0.25, 0.3) is 0 Å². The second kappa shape index (κ2) is 9.31. The Kier molecular flexibility index (Phi) is 6.58. The maximum atomic E-state index is 12.6. The zero-order chi connectivity index (χ0) is 19.1. The van der Waals surface area contributed by atoms with Crippen LogP contribution in [0.15, 0.2) is 48.5 Å². The fraction of sp³-hybridized carbons (Fsp3) is 0.409. The molecule has 27 heavy (non-hydrogen) atoms. The molecular formula is C22H28N2O3. The molecule has 1 saturated heterocycles. The van der Waals surface area contributed by atoms with E-state index in [0.717, 1.165) is 18.8 Å². The molecular weight excluding hydrogens is 340 g/mol. The number of nitrogens with zero attached hydrogens (tertiary/aromatic N) is 1. The summed E-state index contributed by atoms with van der Waals surface area (Å²) >= 11 is 0. The zero-order valence-electron chi connectivity index (χ0n) is 16.1. The van der Waals surface area contributed by atoms with Gasteiger partial charge in [-0.25, -0.2) is 0 Å². The number of anilines is 2. The van der Waals surface area contributed by atoms with E-state index in [4.69, 9.17) is 9.47 Å². The Bertz CT molecular complexity index is 739. The van der Waals surface area contributed by atoms with Crippen molar-refractivity contribution in [3.8, 4) is 11.5 Å². The van der Waals surface area contributed by atoms with Crippen LogP contribution >= 0.6 is 0 Å². The SMILES string of the molecule is CCC(Oc1cccc(OC)c1)C(=O)Nc1ccc(N2CCCCC2)cc1. The minimum Gasteiger partial charge on any atom is -0.497 e. The minimum atomic E-state index is -0.557. The first kappa shape index (κ1) is 19.1. The van der Waals surface area contributed by atoms with Gasteiger partial charge >= 0.3 is 0 Å². The number of amides is 1. The molecule has 5 heteroatoms. The Morgan fingerprint density at radius 3 is 2.44 bits per heavy atom. The van der Waals surface area contributed by atoms with Gasteiger partial charge in [-0.05, 0) is 62.1 Å². The number of hydrogen-bond acceptors (Lipinski definition) is 4. The first-order chi connectivity index (χ1) is 13.2. The molecule has 1 N–H and O–H groups in total. The smallest absolute Gasteiger partial charge is 0.265 e. The molecule has 0 aromatic heterocycles. The Morgan fingerprint density at radius 2 is 1.78 bits per heavy atom. The van der Waals surface area contributed by atoms with Crippen molar-refractivity contribution in [2.45, 2.75) is 38.7 Å². The van der Waals surface area contributed by atoms with Crippen LogP contribution in [-0.2, 0) is 4.79 Å². The highest BCUT2D eigenvalue weighted by atomic mass is 16.5. The number of carbonyl (C=O) groups excluding carboxylic acids is 1. The quantitative estimate of drug-likeness (QED) is 0.783. The largest absolute Gasteiger partial charge is 0.497 e. The number of piperidine rings is 1. The van der Waals surface area contributed by atoms with E-state index in [9.17, 15) is 4.79 Å². The summed E-state index contributed by atoms with van der Waals surface area (Å²) in [6.07, 6.45) is 3.83. The normalized spacial score (nSPS) is 15.1. The van der Waals surface area contributed by atoms with Gasteiger partial charge in [-0.1, -0.05) is 13.0 Å². The van der Waals surface area contributed by atoms with Gasteiger partial charge in [0.1, 0.15) is 11.5 Å². The molecule has 0 spiro atoms. The molecule has 0 aliphatic carbocycles. The first-order valence-electron chi connectivity index (χ1n) is 9.66. The number of carbonyl (C=O) groups is 1. The van der Waals surface area contributed by atoms with E-state index in [1.807, 2.05) is 37.3 Å². The van der Waals surface area contributed by atoms with Gasteiger partial charge in [0.2, 0.25) is 0 Å². The third kappa shape index (κ3) is 5.16. The predicted octanol–water partition coefficient (Wildman–Crippen LogP) is 4.48. The van der Waals surface area contributed by atoms with Crippen LogP contribution in [0.1, 0.15) is 32.6 Å². The molecule has 1 amide bonds. The Balaban J connectivity index is 1.60. The van der Waals surface area contributed by atoms with E-state index >= 15 is 0 Å². The second-order valence-corrected chi connectivity index (χ2v) is 6.78. The van der Waals surface area contributed by atoms with Crippen molar-refractivity contribution < 1.29 is 14.3 Å². The van der Waals surface area contributed by atoms with Crippen molar-refractivity contribution in [2.24, 2.45) is 0 Å². The molecule has 1 atom stereocenters. The lowest BCUT2D eigenvalue weighted by Gasteiger charge is -2.28. The number of rotatable bonds is 7. The van der Waals surface area contributed by atoms with Gasteiger partial charge in [-0.2, -0.15) is 0 Å². The molecule has 0 saturated carbocycles. The van der Waals surface area contributed by atoms with Crippen molar-refractivity contribution in [3.05, 3.63) is 48.5 Å². The Labute approximate surface area is 161 Å². The monoisotopic (exact) mass is 368 g/mol. The van der Waals surface area contributed by atoms with E-state index in [1.165, 1.54) is 24.9 Å². The number of hydrogen-bond donors (Lipinski definition) is 1. The third-order valence-electron chi connectivity index (χ3n) is 4.84. The van der Waals surface area contributed by atoms with Crippen molar-refractivity contribution in [2.75, 3.05) is 30.4 Å². The summed E-state index contributed by atoms with van der Waals surface area (Å²) in [6.45, 7) is 4.15. The van der Waals surface area contributed by atoms with Crippen LogP contribution in [-0.4, -0.2) is 32.2 Å². The van der Waals surface area contributed by atoms with E-state index in [1.54, 1.807) is 13.2 Å². The van der Waals surface area contributed by atoms with Crippen LogP contribution in [0.3, 0.4) is 0 Å². The molecule has 2 aromatic carbocycles. The lowest BCUT2D eigenvalue weighted by atomic mass is 10.1. The summed E-state index contributed by atoms with van der Waals surface area (Å²) in [5.41, 5.74) is 2.00. The summed E-state index contributed by atoms with van der Waals surface area (Å²) < 4.78 is 11.1. The predicted molar refractivity (Wildman–Crippen MR) is 109 cm³/mol. The highest BCUT2D eigenvalue weighted by Gasteiger charge is 2.19. The second-order valence-electron chi connectivity index (χ2n) is 6.78. The lowest BCUT2D eigenvalue weighted by Crippen LogP contribution is -2.32. The van der Waals surface area contributed by atoms with Crippen molar-refractivity contribution in [1.82, 2.24) is 0 Å². The Hall–Kier alpha value is -2.69. The maximum absolute atomic E-state index is 12.6. The molecule has 5 nitrogen and oxygen atoms in total. The van der Waals surface area contributed by atoms with E-state index in [-0.39, 0.29) is 5.91 Å². The molecule has 3 rings (SSSR count). The molecule has 1 aliphatic heterocycles. The molecule has 1 heterocycles. The lowest BCUT2D eigenvalue weighted by molar-refractivity contribution is -0.122. The summed E-state index contributed by atoms with van der Waals surface area (Å²) in [7, 11) is 1.61. The van der Waals surface area contributed by atoms with Gasteiger partial charge in [0.05, 0.1) is 7.11 Å². The van der Waals surface area contributed by atoms with E-state index in [2.05, 4.69) is 22.3 Å². The summed E-state index contributed by atoms with van der Waals surface area (Å²) in [6, 6.07) is 15.4. The van der Waals surface area contributed by atoms with E-state index < -0.39 is 6.10 Å². The van der Waals surface area contributed by atoms with Gasteiger partial charge in [0.15, 0.2) is 6.10 Å². The summed E-state index contributed by atoms with van der Waals surface area (Å²) in [5.74, 6) is 1.18. The van der Waals surface area contributed by atoms with Gasteiger partial charge in [-0.3, -0.25) is 4.79 Å². The molecule has 0 bridgehead atoms. The van der Waals surface area contributed by atoms with Gasteiger partial charge < -0.3 is 19.7 Å². The molecule has 1 fully saturated rings. The Morgan fingerprint density at radius 1 is 1.07 bits per heavy atom. The fourth-order valence-corrected chi connectivity index (χ4v) is 3.29. The van der Waals surface area contributed by atoms with Crippen LogP contribution in [0.4, 0.5) is 11.4 Å². The number of nitrogens with one attached hydrogen (secondary N) is 1. The molecule has 1 unspecified atom stereocenters. The maximum Gasteiger partial charge on any atom is 0.265 e. The van der Waals surface area contributed by atoms with Crippen molar-refractivity contribution >= 4 is 17.3 Å². The first-order valence-corrected chi connectivity index (χ1v) is 9.66. The summed E-state index contributed by atoms with van der Waals surface area (Å²) in [5, 5.41) is 2.96. The molecule has 144 valence electrons. The third-order valence-corrected chi connectivity index (χ3v) is 4.84. The van der Waals surface area contributed by atoms with Gasteiger partial charge in [0.25, 0.3) is 5.91 Å². The fourth-order valence-electron chi connectivity index (χ4n) is 3.29. The molecule has 1 aliphatic rings. The highest BCUT2D eigenvalue weighted by molar-refractivity contribution is 5.94. The molecule has 0 radical (unpaired) electrons. The van der Waals surface area contributed by atoms with Gasteiger partial charge in [-0.15, -0.1) is 0 Å². The van der Waals surface area contributed by atoms with Crippen molar-refractivity contribution in [1.29, 1.82) is 0 Å². The number of benzene rings is 2. The standard InChI is InChI=1S/C22H28N2O3/c1-3-21(27-20-9-7-8-19(16-20)26-2)22(25)23-17-10-12-18(13-11-17)24-14-5-4-6-15-24/h7-13,16,21H,3-6,14-15H2,1-2H3,(H,23,25). The summed E-state index contributed by atoms with van der Waals surface area (Å²) in [4.78, 5) is 15.0. The highest BCUT2D eigenvalue weighted by Crippen LogP contribution is 2.23. The average molecular weight is 368 g/mol. The zero-order valence-corrected chi connectivity index (χ0v) is 16.1. The van der Waals surface area contributed by atoms with Crippen LogP contribution in [0.5, 0.6) is 11.5 Å². The van der Waals surface area contributed by atoms with E-state index in [0.29, 0.717) is 17.9 Å². The van der Waals surface area contributed by atoms with Crippen molar-refractivity contribution in [3.63, 3.8) is 0 Å². The van der Waals surface area contributed by atoms with Gasteiger partial charge in [0, 0.05) is 30.5 Å². The van der Waals surface area contributed by atoms with Crippen LogP contribution < -0.4 is 19.7 Å². The number of methoxy groups -OCH3 is 1. The van der Waals surface area contributed by atoms with Crippen LogP contribution in [0.2, 0.25) is 0 Å². The average Bonchev–Trinajstić information content (AvgIpc) is 2.73. The minimum absolute atomic E-state index is 0.147. The number of ether oxygens (including phenoxy) is 2.